The van der Waals surface area contributed by atoms with Crippen molar-refractivity contribution in [2.24, 2.45) is 0 Å². The third-order valence-electron chi connectivity index (χ3n) is 2.00. The molecule has 0 saturated heterocycles. The Morgan fingerprint density at radius 2 is 1.46 bits per heavy atom. The van der Waals surface area contributed by atoms with E-state index in [0.717, 1.165) is 6.08 Å². The number of hydrogen-bond acceptors (Lipinski definition) is 4. The normalized spacial score (nSPS) is 6.75. The van der Waals surface area contributed by atoms with Gasteiger partial charge in [0.1, 0.15) is 0 Å². The number of carboxylic acids is 1. The number of rotatable bonds is 4. The van der Waals surface area contributed by atoms with E-state index in [2.05, 4.69) is 44.2 Å². The van der Waals surface area contributed by atoms with Crippen LogP contribution in [0.15, 0.2) is 99.7 Å². The van der Waals surface area contributed by atoms with Crippen LogP contribution in [0.5, 0.6) is 0 Å². The maximum absolute atomic E-state index is 10.2. The van der Waals surface area contributed by atoms with Gasteiger partial charge in [0.2, 0.25) is 0 Å². The van der Waals surface area contributed by atoms with Gasteiger partial charge in [-0.05, 0) is 12.5 Å². The molecule has 150 valence electrons. The van der Waals surface area contributed by atoms with Crippen LogP contribution in [-0.4, -0.2) is 24.2 Å². The molecule has 0 unspecified atom stereocenters. The maximum Gasteiger partial charge on any atom is 0.332 e. The highest BCUT2D eigenvalue weighted by Gasteiger charge is 1.95. The molecule has 1 rings (SSSR count). The Morgan fingerprint density at radius 1 is 1.07 bits per heavy atom. The third-order valence-corrected chi connectivity index (χ3v) is 2.00. The second-order valence-corrected chi connectivity index (χ2v) is 4.23. The summed E-state index contributed by atoms with van der Waals surface area (Å²) in [6, 6.07) is 11.7. The van der Waals surface area contributed by atoms with Crippen molar-refractivity contribution in [3.8, 4) is 6.07 Å². The third kappa shape index (κ3) is 38.0. The first kappa shape index (κ1) is 31.8. The molecule has 5 heteroatoms. The molecule has 1 aromatic rings. The van der Waals surface area contributed by atoms with Gasteiger partial charge in [0.05, 0.1) is 13.2 Å². The molecule has 0 radical (unpaired) electrons. The largest absolute Gasteiger partial charge is 0.478 e. The second-order valence-electron chi connectivity index (χ2n) is 4.23. The predicted octanol–water partition coefficient (Wildman–Crippen LogP) is 5.38. The molecule has 0 spiro atoms. The van der Waals surface area contributed by atoms with E-state index in [0.29, 0.717) is 5.57 Å². The summed E-state index contributed by atoms with van der Waals surface area (Å²) in [5.41, 5.74) is 1.61. The van der Waals surface area contributed by atoms with Crippen LogP contribution in [0.4, 0.5) is 0 Å². The van der Waals surface area contributed by atoms with Gasteiger partial charge in [0, 0.05) is 17.7 Å². The van der Waals surface area contributed by atoms with Gasteiger partial charge >= 0.3 is 11.9 Å². The summed E-state index contributed by atoms with van der Waals surface area (Å²) in [4.78, 5) is 19.4. The SMILES string of the molecule is C=C(C)C(=O)OC.C=CC#N.C=CC(=O)O.C=CC=C.C=Cc1ccccc1. The Morgan fingerprint density at radius 3 is 1.57 bits per heavy atom. The lowest BCUT2D eigenvalue weighted by atomic mass is 10.2. The number of ether oxygens (including phenoxy) is 1. The minimum atomic E-state index is -0.981. The molecule has 0 aliphatic carbocycles. The van der Waals surface area contributed by atoms with E-state index in [9.17, 15) is 9.59 Å². The Bertz CT molecular complexity index is 647. The standard InChI is InChI=1S/C8H8.C5H8O2.C4H6.C3H3N.C3H4O2/c1-2-8-6-4-3-5-7-8;1-4(2)5(6)7-3;1-3-4-2;1-2-3-4;1-2-3(4)5/h2-7H,1H2;1H2,2-3H3;3-4H,1-2H2;2H,1H2;2H,1H2,(H,4,5). The van der Waals surface area contributed by atoms with E-state index in [-0.39, 0.29) is 5.97 Å². The number of nitriles is 1. The molecule has 1 aromatic carbocycles. The van der Waals surface area contributed by atoms with Crippen LogP contribution in [0.2, 0.25) is 0 Å². The van der Waals surface area contributed by atoms with Crippen molar-refractivity contribution in [3.05, 3.63) is 105 Å². The monoisotopic (exact) mass is 383 g/mol. The lowest BCUT2D eigenvalue weighted by molar-refractivity contribution is -0.136. The zero-order valence-electron chi connectivity index (χ0n) is 16.6. The number of esters is 1. The van der Waals surface area contributed by atoms with Crippen molar-refractivity contribution in [2.45, 2.75) is 6.92 Å². The number of aliphatic carboxylic acids is 1. The van der Waals surface area contributed by atoms with Gasteiger partial charge in [-0.1, -0.05) is 88.0 Å². The topological polar surface area (TPSA) is 87.4 Å². The van der Waals surface area contributed by atoms with E-state index < -0.39 is 5.97 Å². The molecule has 0 aliphatic rings. The average molecular weight is 383 g/mol. The van der Waals surface area contributed by atoms with Crippen LogP contribution in [0, 0.1) is 11.3 Å². The molecule has 5 nitrogen and oxygen atoms in total. The Hall–Kier alpha value is -3.91. The van der Waals surface area contributed by atoms with Crippen molar-refractivity contribution in [1.82, 2.24) is 0 Å². The van der Waals surface area contributed by atoms with Crippen molar-refractivity contribution < 1.29 is 19.4 Å². The summed E-state index contributed by atoms with van der Waals surface area (Å²) >= 11 is 0. The Labute approximate surface area is 168 Å². The summed E-state index contributed by atoms with van der Waals surface area (Å²) in [5, 5.41) is 15.1. The van der Waals surface area contributed by atoms with Crippen LogP contribution >= 0.6 is 0 Å². The van der Waals surface area contributed by atoms with Gasteiger partial charge in [0.15, 0.2) is 0 Å². The summed E-state index contributed by atoms with van der Waals surface area (Å²) in [6.45, 7) is 21.4. The fraction of sp³-hybridized carbons (Fsp3) is 0.0870. The maximum atomic E-state index is 10.2. The van der Waals surface area contributed by atoms with Crippen molar-refractivity contribution >= 4 is 18.0 Å². The van der Waals surface area contributed by atoms with E-state index >= 15 is 0 Å². The van der Waals surface area contributed by atoms with Crippen molar-refractivity contribution in [2.75, 3.05) is 7.11 Å². The summed E-state index contributed by atoms with van der Waals surface area (Å²) in [5.74, 6) is -1.33. The highest BCUT2D eigenvalue weighted by atomic mass is 16.5. The van der Waals surface area contributed by atoms with E-state index in [1.54, 1.807) is 25.1 Å². The van der Waals surface area contributed by atoms with Gasteiger partial charge in [-0.3, -0.25) is 0 Å². The summed E-state index contributed by atoms with van der Waals surface area (Å²) in [6.07, 6.45) is 7.12. The second kappa shape index (κ2) is 27.9. The van der Waals surface area contributed by atoms with Crippen LogP contribution in [-0.2, 0) is 14.3 Å². The molecule has 0 aliphatic heterocycles. The predicted molar refractivity (Wildman–Crippen MR) is 117 cm³/mol. The fourth-order valence-electron chi connectivity index (χ4n) is 0.763. The lowest BCUT2D eigenvalue weighted by Crippen LogP contribution is -1.98. The van der Waals surface area contributed by atoms with Gasteiger partial charge in [-0.25, -0.2) is 9.59 Å². The quantitative estimate of drug-likeness (QED) is 0.326. The Kier molecular flexibility index (Phi) is 31.7. The van der Waals surface area contributed by atoms with Crippen LogP contribution < -0.4 is 0 Å². The molecule has 0 heterocycles. The number of nitrogens with zero attached hydrogens (tertiary/aromatic N) is 1. The zero-order valence-corrected chi connectivity index (χ0v) is 16.6. The van der Waals surface area contributed by atoms with Crippen molar-refractivity contribution in [1.29, 1.82) is 5.26 Å². The number of carbonyl (C=O) groups excluding carboxylic acids is 1. The van der Waals surface area contributed by atoms with E-state index in [1.807, 2.05) is 36.4 Å². The smallest absolute Gasteiger partial charge is 0.332 e. The van der Waals surface area contributed by atoms with Gasteiger partial charge < -0.3 is 9.84 Å². The number of carboxylic acid groups (broad SMARTS) is 1. The molecular formula is C23H29NO4. The minimum Gasteiger partial charge on any atom is -0.478 e. The average Bonchev–Trinajstić information content (AvgIpc) is 2.74. The number of hydrogen-bond donors (Lipinski definition) is 1. The number of benzene rings is 1. The van der Waals surface area contributed by atoms with Gasteiger partial charge in [-0.15, -0.1) is 0 Å². The molecule has 0 aromatic heterocycles. The highest BCUT2D eigenvalue weighted by Crippen LogP contribution is 1.97. The first-order valence-electron chi connectivity index (χ1n) is 7.72. The zero-order chi connectivity index (χ0) is 22.8. The molecule has 0 amide bonds. The molecule has 0 bridgehead atoms. The van der Waals surface area contributed by atoms with Crippen LogP contribution in [0.3, 0.4) is 0 Å². The van der Waals surface area contributed by atoms with Gasteiger partial charge in [-0.2, -0.15) is 5.26 Å². The first-order chi connectivity index (χ1) is 13.2. The molecular weight excluding hydrogens is 354 g/mol. The first-order valence-corrected chi connectivity index (χ1v) is 7.72. The molecule has 0 atom stereocenters. The Balaban J connectivity index is -0.000000133. The number of carbonyl (C=O) groups is 2. The molecule has 28 heavy (non-hydrogen) atoms. The van der Waals surface area contributed by atoms with Gasteiger partial charge in [0.25, 0.3) is 0 Å². The van der Waals surface area contributed by atoms with E-state index in [1.165, 1.54) is 18.7 Å². The molecule has 0 fully saturated rings. The highest BCUT2D eigenvalue weighted by molar-refractivity contribution is 5.86. The molecule has 1 N–H and O–H groups in total. The molecule has 0 saturated carbocycles. The lowest BCUT2D eigenvalue weighted by Gasteiger charge is -1.91. The fourth-order valence-corrected chi connectivity index (χ4v) is 0.763. The van der Waals surface area contributed by atoms with Crippen molar-refractivity contribution in [3.63, 3.8) is 0 Å². The number of methoxy groups -OCH3 is 1. The van der Waals surface area contributed by atoms with E-state index in [4.69, 9.17) is 10.4 Å². The van der Waals surface area contributed by atoms with Crippen LogP contribution in [0.25, 0.3) is 6.08 Å². The minimum absolute atomic E-state index is 0.347. The number of allylic oxidation sites excluding steroid dienone is 3. The van der Waals surface area contributed by atoms with Crippen LogP contribution in [0.1, 0.15) is 12.5 Å². The summed E-state index contributed by atoms with van der Waals surface area (Å²) < 4.78 is 4.27. The summed E-state index contributed by atoms with van der Waals surface area (Å²) in [7, 11) is 1.33.